The Bertz CT molecular complexity index is 596. The number of halogens is 2. The van der Waals surface area contributed by atoms with Crippen molar-refractivity contribution in [2.45, 2.75) is 20.0 Å². The van der Waals surface area contributed by atoms with Crippen molar-refractivity contribution >= 4 is 29.0 Å². The predicted octanol–water partition coefficient (Wildman–Crippen LogP) is 3.95. The highest BCUT2D eigenvalue weighted by molar-refractivity contribution is 6.35. The van der Waals surface area contributed by atoms with Crippen molar-refractivity contribution in [1.29, 1.82) is 0 Å². The molecule has 0 aliphatic rings. The molecular formula is C15H17Cl2N3O. The lowest BCUT2D eigenvalue weighted by molar-refractivity contribution is 0.181. The van der Waals surface area contributed by atoms with Crippen LogP contribution in [0.5, 0.6) is 0 Å². The summed E-state index contributed by atoms with van der Waals surface area (Å²) in [6.07, 6.45) is 0.548. The van der Waals surface area contributed by atoms with Crippen LogP contribution in [0.3, 0.4) is 0 Å². The van der Waals surface area contributed by atoms with Gasteiger partial charge in [0.1, 0.15) is 11.6 Å². The summed E-state index contributed by atoms with van der Waals surface area (Å²) >= 11 is 12.1. The van der Waals surface area contributed by atoms with E-state index < -0.39 is 0 Å². The van der Waals surface area contributed by atoms with E-state index in [-0.39, 0.29) is 0 Å². The van der Waals surface area contributed by atoms with Crippen LogP contribution in [0.4, 0.5) is 5.82 Å². The van der Waals surface area contributed by atoms with Gasteiger partial charge in [0, 0.05) is 36.2 Å². The smallest absolute Gasteiger partial charge is 0.135 e. The monoisotopic (exact) mass is 325 g/mol. The summed E-state index contributed by atoms with van der Waals surface area (Å²) in [7, 11) is 1.64. The van der Waals surface area contributed by atoms with Crippen molar-refractivity contribution in [3.63, 3.8) is 0 Å². The van der Waals surface area contributed by atoms with E-state index in [2.05, 4.69) is 15.3 Å². The molecule has 0 fully saturated rings. The van der Waals surface area contributed by atoms with E-state index >= 15 is 0 Å². The summed E-state index contributed by atoms with van der Waals surface area (Å²) in [6, 6.07) is 7.32. The van der Waals surface area contributed by atoms with Crippen molar-refractivity contribution in [2.75, 3.05) is 19.0 Å². The Morgan fingerprint density at radius 3 is 2.67 bits per heavy atom. The van der Waals surface area contributed by atoms with E-state index in [1.165, 1.54) is 0 Å². The molecule has 0 saturated heterocycles. The molecule has 21 heavy (non-hydrogen) atoms. The first-order valence-corrected chi connectivity index (χ1v) is 7.41. The van der Waals surface area contributed by atoms with Gasteiger partial charge in [-0.2, -0.15) is 0 Å². The fourth-order valence-electron chi connectivity index (χ4n) is 1.96. The van der Waals surface area contributed by atoms with Gasteiger partial charge in [0.05, 0.1) is 12.3 Å². The van der Waals surface area contributed by atoms with Gasteiger partial charge in [-0.25, -0.2) is 9.97 Å². The van der Waals surface area contributed by atoms with E-state index in [1.807, 2.05) is 25.1 Å². The summed E-state index contributed by atoms with van der Waals surface area (Å²) < 4.78 is 5.14. The van der Waals surface area contributed by atoms with E-state index in [9.17, 15) is 0 Å². The molecule has 2 aromatic rings. The quantitative estimate of drug-likeness (QED) is 0.873. The third kappa shape index (κ3) is 4.56. The molecule has 0 unspecified atom stereocenters. The number of nitrogens with one attached hydrogen (secondary N) is 1. The van der Waals surface area contributed by atoms with Gasteiger partial charge >= 0.3 is 0 Å². The lowest BCUT2D eigenvalue weighted by Crippen LogP contribution is -2.07. The molecule has 112 valence electrons. The molecule has 1 heterocycles. The molecule has 0 spiro atoms. The molecule has 6 heteroatoms. The number of nitrogens with zero attached hydrogens (tertiary/aromatic N) is 2. The van der Waals surface area contributed by atoms with E-state index in [1.54, 1.807) is 13.2 Å². The van der Waals surface area contributed by atoms with Crippen LogP contribution in [0.25, 0.3) is 0 Å². The van der Waals surface area contributed by atoms with Crippen LogP contribution in [-0.2, 0) is 17.8 Å². The number of ether oxygens (including phenoxy) is 1. The van der Waals surface area contributed by atoms with Gasteiger partial charge in [-0.15, -0.1) is 0 Å². The molecule has 0 amide bonds. The van der Waals surface area contributed by atoms with Crippen molar-refractivity contribution in [3.8, 4) is 0 Å². The molecule has 1 aromatic carbocycles. The van der Waals surface area contributed by atoms with Crippen molar-refractivity contribution in [3.05, 3.63) is 51.4 Å². The predicted molar refractivity (Wildman–Crippen MR) is 86.2 cm³/mol. The van der Waals surface area contributed by atoms with Crippen LogP contribution in [-0.4, -0.2) is 23.6 Å². The van der Waals surface area contributed by atoms with Crippen LogP contribution >= 0.6 is 23.2 Å². The Kier molecular flexibility index (Phi) is 5.79. The van der Waals surface area contributed by atoms with E-state index in [4.69, 9.17) is 27.9 Å². The number of hydrogen-bond acceptors (Lipinski definition) is 4. The standard InChI is InChI=1S/C15H17Cl2N3O/c1-3-18-14-8-12(9-21-2)19-15(20-14)6-10-4-5-11(16)7-13(10)17/h4-5,7-8H,3,6,9H2,1-2H3,(H,18,19,20). The molecule has 0 atom stereocenters. The average Bonchev–Trinajstić information content (AvgIpc) is 2.42. The van der Waals surface area contributed by atoms with Gasteiger partial charge < -0.3 is 10.1 Å². The van der Waals surface area contributed by atoms with Crippen LogP contribution in [0.1, 0.15) is 24.0 Å². The fourth-order valence-corrected chi connectivity index (χ4v) is 2.44. The lowest BCUT2D eigenvalue weighted by atomic mass is 10.1. The SMILES string of the molecule is CCNc1cc(COC)nc(Cc2ccc(Cl)cc2Cl)n1. The number of benzene rings is 1. The largest absolute Gasteiger partial charge is 0.378 e. The van der Waals surface area contributed by atoms with E-state index in [0.717, 1.165) is 23.6 Å². The first kappa shape index (κ1) is 16.0. The van der Waals surface area contributed by atoms with Gasteiger partial charge in [-0.05, 0) is 24.6 Å². The molecule has 1 aromatic heterocycles. The summed E-state index contributed by atoms with van der Waals surface area (Å²) in [5.74, 6) is 1.49. The average molecular weight is 326 g/mol. The minimum absolute atomic E-state index is 0.447. The molecular weight excluding hydrogens is 309 g/mol. The van der Waals surface area contributed by atoms with Crippen molar-refractivity contribution < 1.29 is 4.74 Å². The summed E-state index contributed by atoms with van der Waals surface area (Å²) in [6.45, 7) is 3.26. The number of anilines is 1. The van der Waals surface area contributed by atoms with Crippen LogP contribution in [0, 0.1) is 0 Å². The molecule has 0 radical (unpaired) electrons. The van der Waals surface area contributed by atoms with Crippen molar-refractivity contribution in [1.82, 2.24) is 9.97 Å². The summed E-state index contributed by atoms with van der Waals surface area (Å²) in [4.78, 5) is 8.99. The second kappa shape index (κ2) is 7.59. The van der Waals surface area contributed by atoms with Crippen LogP contribution < -0.4 is 5.32 Å². The first-order valence-electron chi connectivity index (χ1n) is 6.66. The first-order chi connectivity index (χ1) is 10.1. The normalized spacial score (nSPS) is 10.7. The Labute approximate surface area is 134 Å². The Morgan fingerprint density at radius 2 is 2.00 bits per heavy atom. The maximum absolute atomic E-state index is 6.20. The Morgan fingerprint density at radius 1 is 1.19 bits per heavy atom. The summed E-state index contributed by atoms with van der Waals surface area (Å²) in [5, 5.41) is 4.43. The van der Waals surface area contributed by atoms with Crippen molar-refractivity contribution in [2.24, 2.45) is 0 Å². The lowest BCUT2D eigenvalue weighted by Gasteiger charge is -2.09. The maximum Gasteiger partial charge on any atom is 0.135 e. The van der Waals surface area contributed by atoms with Gasteiger partial charge in [0.25, 0.3) is 0 Å². The van der Waals surface area contributed by atoms with E-state index in [0.29, 0.717) is 28.9 Å². The van der Waals surface area contributed by atoms with Crippen LogP contribution in [0.15, 0.2) is 24.3 Å². The minimum Gasteiger partial charge on any atom is -0.378 e. The molecule has 0 bridgehead atoms. The van der Waals surface area contributed by atoms with Gasteiger partial charge in [0.2, 0.25) is 0 Å². The highest BCUT2D eigenvalue weighted by atomic mass is 35.5. The number of rotatable bonds is 6. The topological polar surface area (TPSA) is 47.0 Å². The molecule has 0 aliphatic heterocycles. The second-order valence-corrected chi connectivity index (χ2v) is 5.38. The van der Waals surface area contributed by atoms with Gasteiger partial charge in [-0.1, -0.05) is 29.3 Å². The zero-order chi connectivity index (χ0) is 15.2. The number of methoxy groups -OCH3 is 1. The van der Waals surface area contributed by atoms with Gasteiger partial charge in [-0.3, -0.25) is 0 Å². The summed E-state index contributed by atoms with van der Waals surface area (Å²) in [5.41, 5.74) is 1.78. The third-order valence-corrected chi connectivity index (χ3v) is 3.43. The van der Waals surface area contributed by atoms with Gasteiger partial charge in [0.15, 0.2) is 0 Å². The fraction of sp³-hybridized carbons (Fsp3) is 0.333. The number of aromatic nitrogens is 2. The van der Waals surface area contributed by atoms with Crippen LogP contribution in [0.2, 0.25) is 10.0 Å². The third-order valence-electron chi connectivity index (χ3n) is 2.84. The Hall–Kier alpha value is -1.36. The highest BCUT2D eigenvalue weighted by Crippen LogP contribution is 2.23. The molecule has 4 nitrogen and oxygen atoms in total. The second-order valence-electron chi connectivity index (χ2n) is 4.54. The Balaban J connectivity index is 2.29. The maximum atomic E-state index is 6.20. The molecule has 0 saturated carbocycles. The number of hydrogen-bond donors (Lipinski definition) is 1. The zero-order valence-corrected chi connectivity index (χ0v) is 13.5. The molecule has 2 rings (SSSR count). The minimum atomic E-state index is 0.447. The zero-order valence-electron chi connectivity index (χ0n) is 12.0. The highest BCUT2D eigenvalue weighted by Gasteiger charge is 2.08. The molecule has 1 N–H and O–H groups in total. The molecule has 0 aliphatic carbocycles.